The summed E-state index contributed by atoms with van der Waals surface area (Å²) < 4.78 is 33.4. The lowest BCUT2D eigenvalue weighted by Crippen LogP contribution is -2.49. The van der Waals surface area contributed by atoms with Gasteiger partial charge in [0.15, 0.2) is 5.82 Å². The van der Waals surface area contributed by atoms with Crippen molar-refractivity contribution in [2.45, 2.75) is 12.8 Å². The van der Waals surface area contributed by atoms with Gasteiger partial charge in [-0.3, -0.25) is 5.32 Å². The number of ether oxygens (including phenoxy) is 1. The molecule has 1 aromatic carbocycles. The predicted molar refractivity (Wildman–Crippen MR) is 95.1 cm³/mol. The van der Waals surface area contributed by atoms with Gasteiger partial charge in [-0.25, -0.2) is 18.6 Å². The van der Waals surface area contributed by atoms with E-state index >= 15 is 0 Å². The largest absolute Gasteiger partial charge is 0.449 e. The smallest absolute Gasteiger partial charge is 0.412 e. The summed E-state index contributed by atoms with van der Waals surface area (Å²) in [7, 11) is 0. The zero-order valence-corrected chi connectivity index (χ0v) is 14.9. The van der Waals surface area contributed by atoms with E-state index < -0.39 is 17.7 Å². The Kier molecular flexibility index (Phi) is 4.86. The second-order valence-corrected chi connectivity index (χ2v) is 7.60. The average Bonchev–Trinajstić information content (AvgIpc) is 3.08. The Hall–Kier alpha value is -2.06. The summed E-state index contributed by atoms with van der Waals surface area (Å²) in [4.78, 5) is 18.8. The molecule has 1 aromatic heterocycles. The molecule has 5 rings (SSSR count). The Morgan fingerprint density at radius 1 is 1.31 bits per heavy atom. The van der Waals surface area contributed by atoms with Gasteiger partial charge in [0.1, 0.15) is 11.6 Å². The van der Waals surface area contributed by atoms with Crippen molar-refractivity contribution in [2.24, 2.45) is 11.8 Å². The number of nitrogens with one attached hydrogen (secondary N) is 1. The first kappa shape index (κ1) is 17.4. The van der Waals surface area contributed by atoms with Crippen LogP contribution in [0.5, 0.6) is 0 Å². The van der Waals surface area contributed by atoms with Gasteiger partial charge < -0.3 is 9.64 Å². The van der Waals surface area contributed by atoms with Crippen molar-refractivity contribution in [1.29, 1.82) is 0 Å². The van der Waals surface area contributed by atoms with E-state index in [2.05, 4.69) is 15.2 Å². The Balaban J connectivity index is 1.41. The molecule has 2 aromatic rings. The number of piperidine rings is 3. The van der Waals surface area contributed by atoms with E-state index in [-0.39, 0.29) is 16.3 Å². The highest BCUT2D eigenvalue weighted by molar-refractivity contribution is 7.13. The molecule has 8 heteroatoms. The summed E-state index contributed by atoms with van der Waals surface area (Å²) in [6.07, 6.45) is 1.65. The number of rotatable bonds is 4. The van der Waals surface area contributed by atoms with Crippen LogP contribution in [0.25, 0.3) is 10.4 Å². The van der Waals surface area contributed by atoms with Crippen LogP contribution < -0.4 is 5.32 Å². The van der Waals surface area contributed by atoms with E-state index in [1.54, 1.807) is 0 Å². The molecule has 0 radical (unpaired) electrons. The summed E-state index contributed by atoms with van der Waals surface area (Å²) >= 11 is 1.06. The van der Waals surface area contributed by atoms with Crippen LogP contribution in [0, 0.1) is 23.5 Å². The van der Waals surface area contributed by atoms with Crippen molar-refractivity contribution in [1.82, 2.24) is 9.88 Å². The highest BCUT2D eigenvalue weighted by atomic mass is 32.1. The number of anilines is 1. The lowest BCUT2D eigenvalue weighted by molar-refractivity contribution is 0.0151. The second-order valence-electron chi connectivity index (χ2n) is 6.75. The number of aromatic nitrogens is 1. The van der Waals surface area contributed by atoms with Crippen LogP contribution in [0.4, 0.5) is 19.4 Å². The lowest BCUT2D eigenvalue weighted by Gasteiger charge is -2.44. The van der Waals surface area contributed by atoms with E-state index in [4.69, 9.17) is 4.74 Å². The zero-order chi connectivity index (χ0) is 18.1. The van der Waals surface area contributed by atoms with Crippen molar-refractivity contribution in [3.8, 4) is 10.4 Å². The summed E-state index contributed by atoms with van der Waals surface area (Å²) in [5, 5.41) is 2.52. The quantitative estimate of drug-likeness (QED) is 0.873. The summed E-state index contributed by atoms with van der Waals surface area (Å²) in [5.74, 6) is -0.328. The lowest BCUT2D eigenvalue weighted by atomic mass is 9.79. The van der Waals surface area contributed by atoms with E-state index in [1.807, 2.05) is 0 Å². The van der Waals surface area contributed by atoms with Gasteiger partial charge in [0.25, 0.3) is 0 Å². The number of halogens is 2. The van der Waals surface area contributed by atoms with Crippen LogP contribution in [0.3, 0.4) is 0 Å². The molecule has 0 saturated carbocycles. The fraction of sp³-hybridized carbons (Fsp3) is 0.444. The van der Waals surface area contributed by atoms with Crippen molar-refractivity contribution >= 4 is 23.2 Å². The molecular weight excluding hydrogens is 360 g/mol. The standard InChI is InChI=1S/C18H19F2N3O2S/c19-13-2-1-3-14(20)15(13)16-17(21-10-26-16)22-18(24)25-9-12-8-23-6-4-11(12)5-7-23/h1-3,10-12H,4-9H2,(H,22,24). The highest BCUT2D eigenvalue weighted by Crippen LogP contribution is 2.35. The minimum absolute atomic E-state index is 0.109. The maximum absolute atomic E-state index is 14.0. The number of amides is 1. The second kappa shape index (κ2) is 7.28. The number of fused-ring (bicyclic) bond motifs is 3. The third kappa shape index (κ3) is 3.43. The van der Waals surface area contributed by atoms with Gasteiger partial charge in [-0.2, -0.15) is 0 Å². The molecule has 4 heterocycles. The van der Waals surface area contributed by atoms with Crippen molar-refractivity contribution in [3.05, 3.63) is 35.3 Å². The molecule has 1 N–H and O–H groups in total. The number of hydrogen-bond donors (Lipinski definition) is 1. The topological polar surface area (TPSA) is 54.5 Å². The first-order chi connectivity index (χ1) is 12.6. The van der Waals surface area contributed by atoms with E-state index in [9.17, 15) is 13.6 Å². The minimum Gasteiger partial charge on any atom is -0.449 e. The number of carbonyl (C=O) groups is 1. The van der Waals surface area contributed by atoms with Gasteiger partial charge in [0, 0.05) is 12.5 Å². The number of nitrogens with zero attached hydrogens (tertiary/aromatic N) is 2. The molecular formula is C18H19F2N3O2S. The van der Waals surface area contributed by atoms with E-state index in [0.29, 0.717) is 18.4 Å². The fourth-order valence-electron chi connectivity index (χ4n) is 3.82. The Bertz CT molecular complexity index is 785. The predicted octanol–water partition coefficient (Wildman–Crippen LogP) is 3.98. The van der Waals surface area contributed by atoms with Crippen LogP contribution in [-0.2, 0) is 4.74 Å². The van der Waals surface area contributed by atoms with Crippen LogP contribution in [-0.4, -0.2) is 42.2 Å². The van der Waals surface area contributed by atoms with Crippen molar-refractivity contribution in [3.63, 3.8) is 0 Å². The molecule has 1 amide bonds. The van der Waals surface area contributed by atoms with Crippen LogP contribution in [0.15, 0.2) is 23.7 Å². The SMILES string of the molecule is O=C(Nc1ncsc1-c1c(F)cccc1F)OCC1CN2CCC1CC2. The van der Waals surface area contributed by atoms with Gasteiger partial charge in [-0.1, -0.05) is 6.07 Å². The van der Waals surface area contributed by atoms with Crippen molar-refractivity contribution < 1.29 is 18.3 Å². The van der Waals surface area contributed by atoms with E-state index in [0.717, 1.165) is 43.8 Å². The van der Waals surface area contributed by atoms with Crippen LogP contribution >= 0.6 is 11.3 Å². The minimum atomic E-state index is -0.696. The Morgan fingerprint density at radius 3 is 2.69 bits per heavy atom. The normalized spacial score (nSPS) is 24.5. The number of benzene rings is 1. The zero-order valence-electron chi connectivity index (χ0n) is 14.1. The molecule has 3 aliphatic rings. The summed E-state index contributed by atoms with van der Waals surface area (Å²) in [6, 6.07) is 3.64. The summed E-state index contributed by atoms with van der Waals surface area (Å²) in [5.41, 5.74) is 1.24. The third-order valence-corrected chi connectivity index (χ3v) is 6.04. The number of carbonyl (C=O) groups excluding carboxylic acids is 1. The highest BCUT2D eigenvalue weighted by Gasteiger charge is 2.34. The van der Waals surface area contributed by atoms with E-state index in [1.165, 1.54) is 23.7 Å². The molecule has 3 fully saturated rings. The molecule has 5 nitrogen and oxygen atoms in total. The molecule has 0 spiro atoms. The Morgan fingerprint density at radius 2 is 2.04 bits per heavy atom. The first-order valence-corrected chi connectivity index (χ1v) is 9.54. The number of thiazole rings is 1. The van der Waals surface area contributed by atoms with Gasteiger partial charge in [0.2, 0.25) is 0 Å². The van der Waals surface area contributed by atoms with Crippen molar-refractivity contribution in [2.75, 3.05) is 31.6 Å². The van der Waals surface area contributed by atoms with Gasteiger partial charge in [-0.15, -0.1) is 11.3 Å². The molecule has 1 unspecified atom stereocenters. The maximum Gasteiger partial charge on any atom is 0.412 e. The van der Waals surface area contributed by atoms with Crippen LogP contribution in [0.1, 0.15) is 12.8 Å². The molecule has 138 valence electrons. The van der Waals surface area contributed by atoms with Crippen LogP contribution in [0.2, 0.25) is 0 Å². The Labute approximate surface area is 154 Å². The molecule has 0 aliphatic carbocycles. The first-order valence-electron chi connectivity index (χ1n) is 8.66. The molecule has 3 saturated heterocycles. The molecule has 1 atom stereocenters. The fourth-order valence-corrected chi connectivity index (χ4v) is 4.61. The number of hydrogen-bond acceptors (Lipinski definition) is 5. The maximum atomic E-state index is 14.0. The average molecular weight is 379 g/mol. The molecule has 26 heavy (non-hydrogen) atoms. The third-order valence-electron chi connectivity index (χ3n) is 5.20. The molecule has 3 aliphatic heterocycles. The van der Waals surface area contributed by atoms with Gasteiger partial charge in [-0.05, 0) is 44.0 Å². The summed E-state index contributed by atoms with van der Waals surface area (Å²) in [6.45, 7) is 3.56. The van der Waals surface area contributed by atoms with Gasteiger partial charge in [0.05, 0.1) is 22.6 Å². The molecule has 2 bridgehead atoms. The van der Waals surface area contributed by atoms with Gasteiger partial charge >= 0.3 is 6.09 Å². The monoisotopic (exact) mass is 379 g/mol.